The lowest BCUT2D eigenvalue weighted by Gasteiger charge is -2.36. The molecule has 1 saturated carbocycles. The van der Waals surface area contributed by atoms with Gasteiger partial charge in [-0.05, 0) is 48.8 Å². The summed E-state index contributed by atoms with van der Waals surface area (Å²) in [4.78, 5) is 30.5. The maximum absolute atomic E-state index is 12.9. The number of nitrogens with zero attached hydrogens (tertiary/aromatic N) is 2. The van der Waals surface area contributed by atoms with Crippen LogP contribution in [-0.4, -0.2) is 52.5 Å². The minimum atomic E-state index is -0.850. The van der Waals surface area contributed by atoms with E-state index in [1.165, 1.54) is 5.56 Å². The van der Waals surface area contributed by atoms with Gasteiger partial charge in [0.2, 0.25) is 5.91 Å². The number of carbonyl (C=O) groups is 2. The first kappa shape index (κ1) is 15.6. The summed E-state index contributed by atoms with van der Waals surface area (Å²) in [5.41, 5.74) is 1.34. The summed E-state index contributed by atoms with van der Waals surface area (Å²) < 4.78 is 0. The Kier molecular flexibility index (Phi) is 3.79. The average molecular weight is 329 g/mol. The third-order valence-electron chi connectivity index (χ3n) is 5.97. The summed E-state index contributed by atoms with van der Waals surface area (Å²) in [7, 11) is 0. The first-order valence-electron chi connectivity index (χ1n) is 8.73. The lowest BCUT2D eigenvalue weighted by Crippen LogP contribution is -2.57. The van der Waals surface area contributed by atoms with E-state index in [2.05, 4.69) is 10.3 Å². The number of nitrogens with one attached hydrogen (secondary N) is 1. The smallest absolute Gasteiger partial charge is 0.308 e. The van der Waals surface area contributed by atoms with E-state index in [9.17, 15) is 14.7 Å². The van der Waals surface area contributed by atoms with Gasteiger partial charge < -0.3 is 15.3 Å². The van der Waals surface area contributed by atoms with Crippen molar-refractivity contribution in [3.8, 4) is 0 Å². The van der Waals surface area contributed by atoms with Gasteiger partial charge in [0.05, 0.1) is 5.92 Å². The fraction of sp³-hybridized carbons (Fsp3) is 0.611. The Bertz CT molecular complexity index is 644. The van der Waals surface area contributed by atoms with Crippen molar-refractivity contribution >= 4 is 11.9 Å². The molecule has 4 rings (SSSR count). The van der Waals surface area contributed by atoms with Crippen molar-refractivity contribution in [2.24, 2.45) is 11.3 Å². The molecule has 2 saturated heterocycles. The number of carboxylic acid groups (broad SMARTS) is 1. The molecular formula is C18H23N3O3. The number of hydrogen-bond acceptors (Lipinski definition) is 4. The van der Waals surface area contributed by atoms with E-state index in [0.717, 1.165) is 25.8 Å². The second kappa shape index (κ2) is 5.84. The van der Waals surface area contributed by atoms with Crippen LogP contribution in [0.5, 0.6) is 0 Å². The van der Waals surface area contributed by atoms with Gasteiger partial charge in [-0.3, -0.25) is 14.6 Å². The van der Waals surface area contributed by atoms with E-state index >= 15 is 0 Å². The molecule has 2 aliphatic heterocycles. The number of carbonyl (C=O) groups excluding carboxylic acids is 1. The third kappa shape index (κ3) is 2.79. The van der Waals surface area contributed by atoms with Crippen molar-refractivity contribution in [2.45, 2.75) is 37.6 Å². The highest BCUT2D eigenvalue weighted by molar-refractivity contribution is 5.88. The van der Waals surface area contributed by atoms with Crippen LogP contribution in [0.15, 0.2) is 24.5 Å². The minimum Gasteiger partial charge on any atom is -0.481 e. The second-order valence-corrected chi connectivity index (χ2v) is 7.56. The van der Waals surface area contributed by atoms with Crippen LogP contribution in [0.2, 0.25) is 0 Å². The molecule has 2 N–H and O–H groups in total. The van der Waals surface area contributed by atoms with Crippen molar-refractivity contribution in [1.82, 2.24) is 15.2 Å². The highest BCUT2D eigenvalue weighted by Gasteiger charge is 2.53. The standard InChI is InChI=1S/C18H23N3O3/c22-16(15-14(17(23)24)9-18(4-5-18)11-20-15)21-8-3-13(10-21)12-1-6-19-7-2-12/h1-2,6-7,13-15,20H,3-5,8-11H2,(H,23,24). The molecule has 0 radical (unpaired) electrons. The molecule has 1 aromatic heterocycles. The summed E-state index contributed by atoms with van der Waals surface area (Å²) >= 11 is 0. The fourth-order valence-electron chi connectivity index (χ4n) is 4.24. The van der Waals surface area contributed by atoms with Crippen molar-refractivity contribution in [1.29, 1.82) is 0 Å². The predicted octanol–water partition coefficient (Wildman–Crippen LogP) is 1.24. The van der Waals surface area contributed by atoms with Crippen molar-refractivity contribution in [3.63, 3.8) is 0 Å². The first-order chi connectivity index (χ1) is 11.6. The van der Waals surface area contributed by atoms with Gasteiger partial charge in [-0.1, -0.05) is 0 Å². The number of piperidine rings is 1. The molecule has 3 aliphatic rings. The lowest BCUT2D eigenvalue weighted by atomic mass is 9.82. The van der Waals surface area contributed by atoms with Gasteiger partial charge in [-0.2, -0.15) is 0 Å². The fourth-order valence-corrected chi connectivity index (χ4v) is 4.24. The quantitative estimate of drug-likeness (QED) is 0.872. The molecule has 3 unspecified atom stereocenters. The lowest BCUT2D eigenvalue weighted by molar-refractivity contribution is -0.150. The number of pyridine rings is 1. The van der Waals surface area contributed by atoms with E-state index in [-0.39, 0.29) is 11.3 Å². The Morgan fingerprint density at radius 3 is 2.71 bits per heavy atom. The average Bonchev–Trinajstić information content (AvgIpc) is 3.16. The van der Waals surface area contributed by atoms with Crippen molar-refractivity contribution < 1.29 is 14.7 Å². The number of aliphatic carboxylic acids is 1. The second-order valence-electron chi connectivity index (χ2n) is 7.56. The van der Waals surface area contributed by atoms with Crippen LogP contribution in [0.25, 0.3) is 0 Å². The zero-order chi connectivity index (χ0) is 16.7. The normalized spacial score (nSPS) is 31.2. The number of hydrogen-bond donors (Lipinski definition) is 2. The number of rotatable bonds is 3. The highest BCUT2D eigenvalue weighted by atomic mass is 16.4. The number of aromatic nitrogens is 1. The third-order valence-corrected chi connectivity index (χ3v) is 5.97. The summed E-state index contributed by atoms with van der Waals surface area (Å²) in [5.74, 6) is -1.18. The van der Waals surface area contributed by atoms with Gasteiger partial charge >= 0.3 is 5.97 Å². The molecule has 1 spiro atoms. The van der Waals surface area contributed by atoms with Crippen LogP contribution >= 0.6 is 0 Å². The zero-order valence-corrected chi connectivity index (χ0v) is 13.6. The molecule has 1 aliphatic carbocycles. The van der Waals surface area contributed by atoms with Crippen LogP contribution in [-0.2, 0) is 9.59 Å². The van der Waals surface area contributed by atoms with E-state index in [1.54, 1.807) is 12.4 Å². The molecule has 6 nitrogen and oxygen atoms in total. The maximum Gasteiger partial charge on any atom is 0.308 e. The molecular weight excluding hydrogens is 306 g/mol. The minimum absolute atomic E-state index is 0.0468. The van der Waals surface area contributed by atoms with Crippen LogP contribution in [0.3, 0.4) is 0 Å². The Morgan fingerprint density at radius 2 is 2.04 bits per heavy atom. The summed E-state index contributed by atoms with van der Waals surface area (Å²) in [6, 6.07) is 3.41. The molecule has 3 heterocycles. The van der Waals surface area contributed by atoms with E-state index in [0.29, 0.717) is 25.4 Å². The van der Waals surface area contributed by atoms with Gasteiger partial charge in [0.25, 0.3) is 0 Å². The van der Waals surface area contributed by atoms with Crippen LogP contribution in [0.4, 0.5) is 0 Å². The van der Waals surface area contributed by atoms with E-state index in [4.69, 9.17) is 0 Å². The van der Waals surface area contributed by atoms with Crippen LogP contribution in [0.1, 0.15) is 37.2 Å². The van der Waals surface area contributed by atoms with Gasteiger partial charge in [0, 0.05) is 37.9 Å². The molecule has 0 bridgehead atoms. The number of carboxylic acids is 1. The monoisotopic (exact) mass is 329 g/mol. The number of likely N-dealkylation sites (tertiary alicyclic amines) is 1. The van der Waals surface area contributed by atoms with Gasteiger partial charge in [-0.15, -0.1) is 0 Å². The summed E-state index contributed by atoms with van der Waals surface area (Å²) in [6.45, 7) is 2.13. The Morgan fingerprint density at radius 1 is 1.29 bits per heavy atom. The van der Waals surface area contributed by atoms with E-state index in [1.807, 2.05) is 17.0 Å². The molecule has 3 fully saturated rings. The molecule has 128 valence electrons. The molecule has 3 atom stereocenters. The molecule has 1 amide bonds. The topological polar surface area (TPSA) is 82.5 Å². The predicted molar refractivity (Wildman–Crippen MR) is 87.4 cm³/mol. The zero-order valence-electron chi connectivity index (χ0n) is 13.6. The van der Waals surface area contributed by atoms with Crippen LogP contribution in [0, 0.1) is 11.3 Å². The number of amides is 1. The van der Waals surface area contributed by atoms with E-state index < -0.39 is 17.9 Å². The van der Waals surface area contributed by atoms with Gasteiger partial charge in [0.15, 0.2) is 0 Å². The van der Waals surface area contributed by atoms with Gasteiger partial charge in [-0.25, -0.2) is 0 Å². The van der Waals surface area contributed by atoms with Crippen molar-refractivity contribution in [2.75, 3.05) is 19.6 Å². The maximum atomic E-state index is 12.9. The molecule has 24 heavy (non-hydrogen) atoms. The molecule has 6 heteroatoms. The Labute approximate surface area is 141 Å². The Balaban J connectivity index is 1.44. The summed E-state index contributed by atoms with van der Waals surface area (Å²) in [5, 5.41) is 12.8. The highest BCUT2D eigenvalue weighted by Crippen LogP contribution is 2.52. The SMILES string of the molecule is O=C(O)C1CC2(CC2)CNC1C(=O)N1CCC(c2ccncc2)C1. The van der Waals surface area contributed by atoms with Crippen LogP contribution < -0.4 is 5.32 Å². The van der Waals surface area contributed by atoms with Crippen molar-refractivity contribution in [3.05, 3.63) is 30.1 Å². The van der Waals surface area contributed by atoms with Gasteiger partial charge in [0.1, 0.15) is 6.04 Å². The molecule has 0 aromatic carbocycles. The first-order valence-corrected chi connectivity index (χ1v) is 8.73. The Hall–Kier alpha value is -1.95. The largest absolute Gasteiger partial charge is 0.481 e. The summed E-state index contributed by atoms with van der Waals surface area (Å²) in [6.07, 6.45) is 7.27. The molecule has 1 aromatic rings.